The Morgan fingerprint density at radius 2 is 1.95 bits per heavy atom. The van der Waals surface area contributed by atoms with E-state index >= 15 is 0 Å². The first-order valence-electron chi connectivity index (χ1n) is 6.65. The van der Waals surface area contributed by atoms with Crippen LogP contribution in [0.1, 0.15) is 32.8 Å². The Balaban J connectivity index is 2.32. The number of nitrogens with zero attached hydrogens (tertiary/aromatic N) is 1. The van der Waals surface area contributed by atoms with E-state index in [4.69, 9.17) is 0 Å². The van der Waals surface area contributed by atoms with E-state index in [2.05, 4.69) is 23.6 Å². The fourth-order valence-electron chi connectivity index (χ4n) is 2.25. The van der Waals surface area contributed by atoms with Crippen molar-refractivity contribution in [1.82, 2.24) is 5.32 Å². The van der Waals surface area contributed by atoms with Gasteiger partial charge in [0.15, 0.2) is 0 Å². The van der Waals surface area contributed by atoms with Crippen LogP contribution in [0.4, 0.5) is 0 Å². The van der Waals surface area contributed by atoms with Gasteiger partial charge in [0.05, 0.1) is 10.6 Å². The molecule has 0 radical (unpaired) electrons. The highest BCUT2D eigenvalue weighted by Gasteiger charge is 2.32. The van der Waals surface area contributed by atoms with Crippen molar-refractivity contribution in [1.29, 1.82) is 0 Å². The zero-order valence-corrected chi connectivity index (χ0v) is 12.4. The van der Waals surface area contributed by atoms with Crippen molar-refractivity contribution in [2.75, 3.05) is 6.54 Å². The first-order chi connectivity index (χ1) is 8.97. The molecule has 0 saturated carbocycles. The molecule has 0 fully saturated rings. The Bertz CT molecular complexity index is 593. The van der Waals surface area contributed by atoms with E-state index in [1.807, 2.05) is 19.1 Å². The first kappa shape index (κ1) is 14.2. The number of benzene rings is 1. The second-order valence-corrected chi connectivity index (χ2v) is 6.55. The fourth-order valence-corrected chi connectivity index (χ4v) is 3.57. The van der Waals surface area contributed by atoms with Crippen LogP contribution in [0.25, 0.3) is 0 Å². The summed E-state index contributed by atoms with van der Waals surface area (Å²) in [7, 11) is -3.49. The third-order valence-corrected chi connectivity index (χ3v) is 4.91. The minimum absolute atomic E-state index is 0.0602. The lowest BCUT2D eigenvalue weighted by atomic mass is 9.92. The lowest BCUT2D eigenvalue weighted by Crippen LogP contribution is -2.36. The molecule has 1 heterocycles. The van der Waals surface area contributed by atoms with E-state index in [1.54, 1.807) is 12.1 Å². The number of hydrogen-bond donors (Lipinski definition) is 1. The highest BCUT2D eigenvalue weighted by molar-refractivity contribution is 7.90. The lowest BCUT2D eigenvalue weighted by molar-refractivity contribution is 0.479. The Hall–Kier alpha value is -1.20. The number of nitrogens with one attached hydrogen (secondary N) is 1. The Labute approximate surface area is 115 Å². The van der Waals surface area contributed by atoms with Gasteiger partial charge in [-0.05, 0) is 26.0 Å². The van der Waals surface area contributed by atoms with Crippen molar-refractivity contribution in [3.8, 4) is 0 Å². The zero-order chi connectivity index (χ0) is 14.0. The van der Waals surface area contributed by atoms with Crippen LogP contribution in [0.3, 0.4) is 0 Å². The summed E-state index contributed by atoms with van der Waals surface area (Å²) in [6, 6.07) is 7.24. The largest absolute Gasteiger partial charge is 0.314 e. The molecule has 2 atom stereocenters. The molecule has 5 heteroatoms. The topological polar surface area (TPSA) is 58.5 Å². The quantitative estimate of drug-likeness (QED) is 0.899. The first-order valence-corrected chi connectivity index (χ1v) is 8.09. The summed E-state index contributed by atoms with van der Waals surface area (Å²) in [6.07, 6.45) is 1.05. The SMILES string of the molecule is CCCNC(C)C(C)C1=NS(=O)(=O)c2ccccc21. The van der Waals surface area contributed by atoms with E-state index in [-0.39, 0.29) is 12.0 Å². The predicted molar refractivity (Wildman–Crippen MR) is 77.1 cm³/mol. The third-order valence-electron chi connectivity index (χ3n) is 3.56. The lowest BCUT2D eigenvalue weighted by Gasteiger charge is -2.21. The molecule has 0 spiro atoms. The van der Waals surface area contributed by atoms with Crippen LogP contribution < -0.4 is 5.32 Å². The number of sulfonamides is 1. The molecule has 4 nitrogen and oxygen atoms in total. The molecular formula is C14H20N2O2S. The molecule has 2 unspecified atom stereocenters. The van der Waals surface area contributed by atoms with Crippen LogP contribution in [-0.2, 0) is 10.0 Å². The molecule has 1 N–H and O–H groups in total. The molecule has 19 heavy (non-hydrogen) atoms. The number of fused-ring (bicyclic) bond motifs is 1. The van der Waals surface area contributed by atoms with Gasteiger partial charge in [-0.2, -0.15) is 12.8 Å². The summed E-state index contributed by atoms with van der Waals surface area (Å²) in [5.41, 5.74) is 1.42. The highest BCUT2D eigenvalue weighted by atomic mass is 32.2. The van der Waals surface area contributed by atoms with E-state index in [0.717, 1.165) is 18.5 Å². The van der Waals surface area contributed by atoms with Crippen molar-refractivity contribution in [2.45, 2.75) is 38.1 Å². The summed E-state index contributed by atoms with van der Waals surface area (Å²) in [5.74, 6) is 0.0602. The molecule has 1 aromatic carbocycles. The van der Waals surface area contributed by atoms with Gasteiger partial charge in [0.2, 0.25) is 0 Å². The van der Waals surface area contributed by atoms with E-state index in [0.29, 0.717) is 10.6 Å². The second kappa shape index (κ2) is 5.43. The second-order valence-electron chi connectivity index (χ2n) is 4.98. The summed E-state index contributed by atoms with van der Waals surface area (Å²) in [4.78, 5) is 0.333. The van der Waals surface area contributed by atoms with E-state index < -0.39 is 10.0 Å². The molecule has 0 saturated heterocycles. The normalized spacial score (nSPS) is 19.6. The van der Waals surface area contributed by atoms with Crippen LogP contribution >= 0.6 is 0 Å². The van der Waals surface area contributed by atoms with Crippen LogP contribution in [-0.4, -0.2) is 26.7 Å². The number of hydrogen-bond acceptors (Lipinski definition) is 3. The predicted octanol–water partition coefficient (Wildman–Crippen LogP) is 2.20. The zero-order valence-electron chi connectivity index (χ0n) is 11.6. The van der Waals surface area contributed by atoms with Crippen LogP contribution in [0.5, 0.6) is 0 Å². The fraction of sp³-hybridized carbons (Fsp3) is 0.500. The highest BCUT2D eigenvalue weighted by Crippen LogP contribution is 2.29. The van der Waals surface area contributed by atoms with Crippen molar-refractivity contribution in [3.63, 3.8) is 0 Å². The van der Waals surface area contributed by atoms with Crippen molar-refractivity contribution in [3.05, 3.63) is 29.8 Å². The maximum atomic E-state index is 12.0. The maximum Gasteiger partial charge on any atom is 0.283 e. The summed E-state index contributed by atoms with van der Waals surface area (Å²) in [6.45, 7) is 7.12. The van der Waals surface area contributed by atoms with Gasteiger partial charge in [0, 0.05) is 17.5 Å². The van der Waals surface area contributed by atoms with Gasteiger partial charge < -0.3 is 5.32 Å². The number of rotatable bonds is 5. The van der Waals surface area contributed by atoms with E-state index in [1.165, 1.54) is 0 Å². The Morgan fingerprint density at radius 3 is 2.63 bits per heavy atom. The van der Waals surface area contributed by atoms with Crippen molar-refractivity contribution in [2.24, 2.45) is 10.3 Å². The van der Waals surface area contributed by atoms with Crippen LogP contribution in [0, 0.1) is 5.92 Å². The molecular weight excluding hydrogens is 260 g/mol. The monoisotopic (exact) mass is 280 g/mol. The molecule has 2 rings (SSSR count). The summed E-state index contributed by atoms with van der Waals surface area (Å²) in [5, 5.41) is 3.39. The van der Waals surface area contributed by atoms with Gasteiger partial charge in [-0.1, -0.05) is 32.0 Å². The molecule has 0 bridgehead atoms. The molecule has 0 amide bonds. The molecule has 1 aliphatic heterocycles. The third kappa shape index (κ3) is 2.72. The van der Waals surface area contributed by atoms with E-state index in [9.17, 15) is 8.42 Å². The molecule has 0 aliphatic carbocycles. The average molecular weight is 280 g/mol. The molecule has 1 aliphatic rings. The standard InChI is InChI=1S/C14H20N2O2S/c1-4-9-15-11(3)10(2)14-12-7-5-6-8-13(12)19(17,18)16-14/h5-8,10-11,15H,4,9H2,1-3H3. The van der Waals surface area contributed by atoms with Gasteiger partial charge in [0.1, 0.15) is 0 Å². The molecule has 1 aromatic rings. The van der Waals surface area contributed by atoms with Gasteiger partial charge in [-0.3, -0.25) is 0 Å². The summed E-state index contributed by atoms with van der Waals surface area (Å²) >= 11 is 0. The van der Waals surface area contributed by atoms with Gasteiger partial charge >= 0.3 is 0 Å². The Morgan fingerprint density at radius 1 is 1.26 bits per heavy atom. The van der Waals surface area contributed by atoms with Gasteiger partial charge in [-0.25, -0.2) is 0 Å². The molecule has 104 valence electrons. The summed E-state index contributed by atoms with van der Waals surface area (Å²) < 4.78 is 28.0. The maximum absolute atomic E-state index is 12.0. The van der Waals surface area contributed by atoms with Gasteiger partial charge in [-0.15, -0.1) is 0 Å². The van der Waals surface area contributed by atoms with Gasteiger partial charge in [0.25, 0.3) is 10.0 Å². The van der Waals surface area contributed by atoms with Crippen LogP contribution in [0.15, 0.2) is 33.6 Å². The minimum Gasteiger partial charge on any atom is -0.314 e. The van der Waals surface area contributed by atoms with Crippen molar-refractivity contribution < 1.29 is 8.42 Å². The minimum atomic E-state index is -3.49. The Kier molecular flexibility index (Phi) is 4.06. The smallest absolute Gasteiger partial charge is 0.283 e. The average Bonchev–Trinajstić information content (AvgIpc) is 2.68. The van der Waals surface area contributed by atoms with Crippen molar-refractivity contribution >= 4 is 15.7 Å². The molecule has 0 aromatic heterocycles. The van der Waals surface area contributed by atoms with Crippen LogP contribution in [0.2, 0.25) is 0 Å².